The summed E-state index contributed by atoms with van der Waals surface area (Å²) >= 11 is 0. The first kappa shape index (κ1) is 39.4. The van der Waals surface area contributed by atoms with Gasteiger partial charge in [-0.3, -0.25) is 4.57 Å². The van der Waals surface area contributed by atoms with Crippen LogP contribution in [0.1, 0.15) is 0 Å². The lowest BCUT2D eigenvalue weighted by Crippen LogP contribution is -2.03. The Kier molecular flexibility index (Phi) is 8.59. The Morgan fingerprint density at radius 1 is 0.268 bits per heavy atom. The van der Waals surface area contributed by atoms with E-state index in [1.807, 2.05) is 0 Å². The van der Waals surface area contributed by atoms with Gasteiger partial charge in [-0.2, -0.15) is 0 Å². The monoisotopic (exact) mass is 903 g/mol. The molecule has 330 valence electrons. The van der Waals surface area contributed by atoms with Crippen molar-refractivity contribution < 1.29 is 0 Å². The Hall–Kier alpha value is -9.58. The predicted molar refractivity (Wildman–Crippen MR) is 296 cm³/mol. The lowest BCUT2D eigenvalue weighted by atomic mass is 9.98. The largest absolute Gasteiger partial charge is 0.309 e. The number of para-hydroxylation sites is 4. The first-order valence-electron chi connectivity index (χ1n) is 24.2. The van der Waals surface area contributed by atoms with Crippen LogP contribution in [0.5, 0.6) is 0 Å². The summed E-state index contributed by atoms with van der Waals surface area (Å²) in [5.41, 5.74) is 16.5. The number of benzene rings is 11. The zero-order valence-corrected chi connectivity index (χ0v) is 38.4. The van der Waals surface area contributed by atoms with Crippen molar-refractivity contribution in [3.63, 3.8) is 0 Å². The molecule has 0 aliphatic heterocycles. The van der Waals surface area contributed by atoms with Gasteiger partial charge in [0.05, 0.1) is 50.0 Å². The zero-order chi connectivity index (χ0) is 46.6. The van der Waals surface area contributed by atoms with Crippen molar-refractivity contribution in [1.82, 2.24) is 23.7 Å². The molecule has 0 N–H and O–H groups in total. The Morgan fingerprint density at radius 3 is 1.45 bits per heavy atom. The minimum Gasteiger partial charge on any atom is -0.309 e. The lowest BCUT2D eigenvalue weighted by Gasteiger charge is -2.14. The van der Waals surface area contributed by atoms with Gasteiger partial charge in [-0.15, -0.1) is 0 Å². The molecule has 5 nitrogen and oxygen atoms in total. The highest BCUT2D eigenvalue weighted by atomic mass is 15.2. The minimum absolute atomic E-state index is 0.638. The van der Waals surface area contributed by atoms with Crippen LogP contribution in [0, 0.1) is 0 Å². The Bertz CT molecular complexity index is 4580. The van der Waals surface area contributed by atoms with Crippen LogP contribution in [0.2, 0.25) is 0 Å². The van der Waals surface area contributed by atoms with Gasteiger partial charge in [-0.25, -0.2) is 9.97 Å². The van der Waals surface area contributed by atoms with Gasteiger partial charge in [0.1, 0.15) is 0 Å². The highest BCUT2D eigenvalue weighted by Gasteiger charge is 2.25. The van der Waals surface area contributed by atoms with Gasteiger partial charge in [0.2, 0.25) is 5.95 Å². The van der Waals surface area contributed by atoms with E-state index in [9.17, 15) is 0 Å². The van der Waals surface area contributed by atoms with Crippen LogP contribution in [0.4, 0.5) is 0 Å². The van der Waals surface area contributed by atoms with Gasteiger partial charge >= 0.3 is 0 Å². The number of nitrogens with zero attached hydrogens (tertiary/aromatic N) is 5. The van der Waals surface area contributed by atoms with Crippen molar-refractivity contribution in [3.05, 3.63) is 249 Å². The summed E-state index contributed by atoms with van der Waals surface area (Å²) < 4.78 is 7.22. The summed E-state index contributed by atoms with van der Waals surface area (Å²) in [4.78, 5) is 10.8. The highest BCUT2D eigenvalue weighted by Crippen LogP contribution is 2.45. The van der Waals surface area contributed by atoms with Gasteiger partial charge in [0.15, 0.2) is 0 Å². The molecule has 0 saturated heterocycles. The molecule has 0 bridgehead atoms. The van der Waals surface area contributed by atoms with Crippen molar-refractivity contribution in [2.24, 2.45) is 0 Å². The van der Waals surface area contributed by atoms with E-state index < -0.39 is 0 Å². The average Bonchev–Trinajstić information content (AvgIpc) is 4.09. The summed E-state index contributed by atoms with van der Waals surface area (Å²) in [6, 6.07) is 89.9. The van der Waals surface area contributed by atoms with Crippen molar-refractivity contribution in [2.75, 3.05) is 0 Å². The third-order valence-corrected chi connectivity index (χ3v) is 14.6. The summed E-state index contributed by atoms with van der Waals surface area (Å²) in [6.07, 6.45) is 0. The van der Waals surface area contributed by atoms with Crippen LogP contribution in [-0.4, -0.2) is 23.7 Å². The molecule has 15 aromatic rings. The second-order valence-electron chi connectivity index (χ2n) is 18.5. The first-order chi connectivity index (χ1) is 35.2. The van der Waals surface area contributed by atoms with E-state index in [1.54, 1.807) is 0 Å². The Labute approximate surface area is 408 Å². The molecule has 0 amide bonds. The maximum absolute atomic E-state index is 5.49. The smallest absolute Gasteiger partial charge is 0.235 e. The maximum atomic E-state index is 5.49. The van der Waals surface area contributed by atoms with Crippen LogP contribution in [-0.2, 0) is 0 Å². The number of rotatable bonds is 6. The van der Waals surface area contributed by atoms with Gasteiger partial charge in [0, 0.05) is 49.0 Å². The third kappa shape index (κ3) is 6.00. The van der Waals surface area contributed by atoms with Crippen LogP contribution >= 0.6 is 0 Å². The minimum atomic E-state index is 0.638. The normalized spacial score (nSPS) is 11.9. The molecule has 0 unspecified atom stereocenters. The van der Waals surface area contributed by atoms with Crippen LogP contribution < -0.4 is 0 Å². The predicted octanol–water partition coefficient (Wildman–Crippen LogP) is 17.1. The standard InChI is InChI=1S/C66H41N5/c1-3-18-42(19-4-1)47-39-48(43-20-5-2-6-21-43)41-49(40-47)69-55-29-14-11-26-52(55)63-60(69)36-37-61-64(63)53-27-12-15-30-56(53)70(61)58-32-17-33-59-62(58)51-25-10-16-31-57(51)71(59)66-67-54-28-13-9-24-50(54)65(68-66)46-35-34-44-22-7-8-23-45(44)38-46/h1-41H. The van der Waals surface area contributed by atoms with E-state index in [1.165, 1.54) is 60.1 Å². The third-order valence-electron chi connectivity index (χ3n) is 14.6. The van der Waals surface area contributed by atoms with Crippen molar-refractivity contribution in [2.45, 2.75) is 0 Å². The molecule has 0 aliphatic rings. The van der Waals surface area contributed by atoms with E-state index in [-0.39, 0.29) is 0 Å². The molecular formula is C66H41N5. The number of hydrogen-bond acceptors (Lipinski definition) is 2. The lowest BCUT2D eigenvalue weighted by molar-refractivity contribution is 1.01. The molecular weight excluding hydrogens is 863 g/mol. The van der Waals surface area contributed by atoms with E-state index in [4.69, 9.17) is 9.97 Å². The fourth-order valence-corrected chi connectivity index (χ4v) is 11.5. The maximum Gasteiger partial charge on any atom is 0.235 e. The van der Waals surface area contributed by atoms with Crippen molar-refractivity contribution >= 4 is 87.1 Å². The van der Waals surface area contributed by atoms with E-state index in [0.29, 0.717) is 5.95 Å². The van der Waals surface area contributed by atoms with Crippen molar-refractivity contribution in [3.8, 4) is 50.8 Å². The van der Waals surface area contributed by atoms with E-state index in [0.717, 1.165) is 71.9 Å². The fourth-order valence-electron chi connectivity index (χ4n) is 11.5. The second-order valence-corrected chi connectivity index (χ2v) is 18.5. The molecule has 0 atom stereocenters. The first-order valence-corrected chi connectivity index (χ1v) is 24.2. The van der Waals surface area contributed by atoms with Crippen LogP contribution in [0.25, 0.3) is 138 Å². The molecule has 0 radical (unpaired) electrons. The second kappa shape index (κ2) is 15.5. The van der Waals surface area contributed by atoms with E-state index >= 15 is 0 Å². The van der Waals surface area contributed by atoms with Gasteiger partial charge < -0.3 is 9.13 Å². The van der Waals surface area contributed by atoms with Crippen LogP contribution in [0.3, 0.4) is 0 Å². The topological polar surface area (TPSA) is 40.6 Å². The number of fused-ring (bicyclic) bond motifs is 12. The Balaban J connectivity index is 0.991. The molecule has 5 heteroatoms. The average molecular weight is 904 g/mol. The van der Waals surface area contributed by atoms with E-state index in [2.05, 4.69) is 262 Å². The highest BCUT2D eigenvalue weighted by molar-refractivity contribution is 6.29. The molecule has 15 rings (SSSR count). The van der Waals surface area contributed by atoms with Gasteiger partial charge in [0.25, 0.3) is 0 Å². The molecule has 0 fully saturated rings. The molecule has 4 aromatic heterocycles. The molecule has 71 heavy (non-hydrogen) atoms. The summed E-state index contributed by atoms with van der Waals surface area (Å²) in [6.45, 7) is 0. The molecule has 4 heterocycles. The van der Waals surface area contributed by atoms with Crippen molar-refractivity contribution in [1.29, 1.82) is 0 Å². The van der Waals surface area contributed by atoms with Gasteiger partial charge in [-0.1, -0.05) is 176 Å². The fraction of sp³-hybridized carbons (Fsp3) is 0. The SMILES string of the molecule is c1ccc(-c2cc(-c3ccccc3)cc(-n3c4ccccc4c4c5c6ccccc6n(-c6cccc7c6c6ccccc6n7-c6nc(-c7ccc8ccccc8c7)c7ccccc7n6)c5ccc43)c2)cc1. The molecule has 11 aromatic carbocycles. The zero-order valence-electron chi connectivity index (χ0n) is 38.4. The number of hydrogen-bond donors (Lipinski definition) is 0. The summed E-state index contributed by atoms with van der Waals surface area (Å²) in [5.74, 6) is 0.638. The molecule has 0 saturated carbocycles. The quantitative estimate of drug-likeness (QED) is 0.167. The molecule has 0 spiro atoms. The Morgan fingerprint density at radius 2 is 0.775 bits per heavy atom. The van der Waals surface area contributed by atoms with Crippen LogP contribution in [0.15, 0.2) is 249 Å². The van der Waals surface area contributed by atoms with Gasteiger partial charge in [-0.05, 0) is 106 Å². The summed E-state index contributed by atoms with van der Waals surface area (Å²) in [5, 5.41) is 10.6. The summed E-state index contributed by atoms with van der Waals surface area (Å²) in [7, 11) is 0. The molecule has 0 aliphatic carbocycles. The number of aromatic nitrogens is 5.